The molecule has 3 aromatic rings. The molecule has 0 saturated heterocycles. The standard InChI is InChI=1S/C23H26N4OS/c1-3-16-9-8-10-17(4-2)21(16)24-20(28)15-29-23-26-25-22(18-13-14-18)27(23)19-11-6-5-7-12-19/h5-12,18H,3-4,13-15H2,1-2H3,(H,24,28). The molecule has 1 N–H and O–H groups in total. The summed E-state index contributed by atoms with van der Waals surface area (Å²) >= 11 is 1.44. The van der Waals surface area contributed by atoms with Crippen LogP contribution < -0.4 is 5.32 Å². The number of carbonyl (C=O) groups is 1. The van der Waals surface area contributed by atoms with E-state index in [1.807, 2.05) is 18.2 Å². The SMILES string of the molecule is CCc1cccc(CC)c1NC(=O)CSc1nnc(C2CC2)n1-c1ccccc1. The Bertz CT molecular complexity index is 973. The lowest BCUT2D eigenvalue weighted by atomic mass is 10.0. The van der Waals surface area contributed by atoms with Gasteiger partial charge in [0.2, 0.25) is 5.91 Å². The van der Waals surface area contributed by atoms with Crippen molar-refractivity contribution in [1.29, 1.82) is 0 Å². The van der Waals surface area contributed by atoms with Crippen molar-refractivity contribution in [3.8, 4) is 5.69 Å². The van der Waals surface area contributed by atoms with Crippen molar-refractivity contribution in [1.82, 2.24) is 14.8 Å². The number of nitrogens with zero attached hydrogens (tertiary/aromatic N) is 3. The first kappa shape index (κ1) is 19.7. The van der Waals surface area contributed by atoms with Gasteiger partial charge in [0.15, 0.2) is 5.16 Å². The van der Waals surface area contributed by atoms with Crippen molar-refractivity contribution >= 4 is 23.4 Å². The Hall–Kier alpha value is -2.60. The summed E-state index contributed by atoms with van der Waals surface area (Å²) in [6, 6.07) is 16.4. The molecule has 4 rings (SSSR count). The fraction of sp³-hybridized carbons (Fsp3) is 0.348. The molecule has 0 atom stereocenters. The minimum Gasteiger partial charge on any atom is -0.325 e. The molecule has 0 spiro atoms. The summed E-state index contributed by atoms with van der Waals surface area (Å²) in [5.74, 6) is 1.77. The molecule has 150 valence electrons. The van der Waals surface area contributed by atoms with Gasteiger partial charge >= 0.3 is 0 Å². The average molecular weight is 407 g/mol. The second-order valence-electron chi connectivity index (χ2n) is 7.28. The number of nitrogens with one attached hydrogen (secondary N) is 1. The van der Waals surface area contributed by atoms with Crippen molar-refractivity contribution in [2.24, 2.45) is 0 Å². The zero-order valence-electron chi connectivity index (χ0n) is 16.9. The van der Waals surface area contributed by atoms with Gasteiger partial charge in [-0.05, 0) is 48.9 Å². The average Bonchev–Trinajstić information content (AvgIpc) is 3.52. The Labute approximate surface area is 175 Å². The van der Waals surface area contributed by atoms with E-state index < -0.39 is 0 Å². The third-order valence-corrected chi connectivity index (χ3v) is 6.14. The molecular formula is C23H26N4OS. The third kappa shape index (κ3) is 4.37. The molecule has 1 heterocycles. The molecule has 1 saturated carbocycles. The fourth-order valence-electron chi connectivity index (χ4n) is 3.51. The second kappa shape index (κ2) is 8.82. The summed E-state index contributed by atoms with van der Waals surface area (Å²) in [4.78, 5) is 12.7. The van der Waals surface area contributed by atoms with E-state index in [-0.39, 0.29) is 5.91 Å². The van der Waals surface area contributed by atoms with Crippen LogP contribution in [0.25, 0.3) is 5.69 Å². The van der Waals surface area contributed by atoms with Gasteiger partial charge in [-0.2, -0.15) is 0 Å². The predicted molar refractivity (Wildman–Crippen MR) is 118 cm³/mol. The monoisotopic (exact) mass is 406 g/mol. The highest BCUT2D eigenvalue weighted by atomic mass is 32.2. The van der Waals surface area contributed by atoms with Gasteiger partial charge in [0, 0.05) is 17.3 Å². The summed E-state index contributed by atoms with van der Waals surface area (Å²) < 4.78 is 2.10. The summed E-state index contributed by atoms with van der Waals surface area (Å²) in [5, 5.41) is 12.7. The van der Waals surface area contributed by atoms with E-state index in [1.165, 1.54) is 22.9 Å². The molecule has 1 fully saturated rings. The highest BCUT2D eigenvalue weighted by Gasteiger charge is 2.31. The lowest BCUT2D eigenvalue weighted by Crippen LogP contribution is -2.17. The zero-order chi connectivity index (χ0) is 20.2. The number of para-hydroxylation sites is 2. The van der Waals surface area contributed by atoms with Crippen molar-refractivity contribution in [2.75, 3.05) is 11.1 Å². The molecule has 0 radical (unpaired) electrons. The second-order valence-corrected chi connectivity index (χ2v) is 8.22. The maximum Gasteiger partial charge on any atom is 0.234 e. The number of hydrogen-bond acceptors (Lipinski definition) is 4. The first-order valence-corrected chi connectivity index (χ1v) is 11.2. The Morgan fingerprint density at radius 3 is 2.34 bits per heavy atom. The number of aromatic nitrogens is 3. The highest BCUT2D eigenvalue weighted by molar-refractivity contribution is 7.99. The number of thioether (sulfide) groups is 1. The van der Waals surface area contributed by atoms with Crippen LogP contribution in [-0.2, 0) is 17.6 Å². The van der Waals surface area contributed by atoms with Crippen LogP contribution >= 0.6 is 11.8 Å². The molecule has 0 aliphatic heterocycles. The van der Waals surface area contributed by atoms with Gasteiger partial charge in [0.05, 0.1) is 5.75 Å². The first-order chi connectivity index (χ1) is 14.2. The molecule has 0 unspecified atom stereocenters. The number of rotatable bonds is 8. The molecule has 2 aromatic carbocycles. The Morgan fingerprint density at radius 1 is 1.03 bits per heavy atom. The molecule has 1 aliphatic carbocycles. The van der Waals surface area contributed by atoms with E-state index in [9.17, 15) is 4.79 Å². The lowest BCUT2D eigenvalue weighted by molar-refractivity contribution is -0.113. The normalized spacial score (nSPS) is 13.4. The van der Waals surface area contributed by atoms with E-state index in [0.717, 1.165) is 48.0 Å². The maximum absolute atomic E-state index is 12.7. The highest BCUT2D eigenvalue weighted by Crippen LogP contribution is 2.41. The molecule has 29 heavy (non-hydrogen) atoms. The fourth-order valence-corrected chi connectivity index (χ4v) is 4.27. The van der Waals surface area contributed by atoms with Gasteiger partial charge in [0.25, 0.3) is 0 Å². The number of carbonyl (C=O) groups excluding carboxylic acids is 1. The van der Waals surface area contributed by atoms with Crippen LogP contribution in [0, 0.1) is 0 Å². The van der Waals surface area contributed by atoms with Gasteiger partial charge in [-0.3, -0.25) is 9.36 Å². The van der Waals surface area contributed by atoms with Gasteiger partial charge in [-0.1, -0.05) is 62.0 Å². The van der Waals surface area contributed by atoms with Crippen LogP contribution in [0.5, 0.6) is 0 Å². The maximum atomic E-state index is 12.7. The van der Waals surface area contributed by atoms with E-state index >= 15 is 0 Å². The Morgan fingerprint density at radius 2 is 1.72 bits per heavy atom. The van der Waals surface area contributed by atoms with Crippen LogP contribution in [0.2, 0.25) is 0 Å². The zero-order valence-corrected chi connectivity index (χ0v) is 17.7. The number of aryl methyl sites for hydroxylation is 2. The van der Waals surface area contributed by atoms with E-state index in [2.05, 4.69) is 64.3 Å². The van der Waals surface area contributed by atoms with Gasteiger partial charge in [-0.25, -0.2) is 0 Å². The third-order valence-electron chi connectivity index (χ3n) is 5.21. The van der Waals surface area contributed by atoms with Crippen molar-refractivity contribution in [3.05, 3.63) is 65.5 Å². The molecule has 1 aromatic heterocycles. The van der Waals surface area contributed by atoms with Gasteiger partial charge in [0.1, 0.15) is 5.82 Å². The summed E-state index contributed by atoms with van der Waals surface area (Å²) in [6.07, 6.45) is 4.10. The van der Waals surface area contributed by atoms with Gasteiger partial charge < -0.3 is 5.32 Å². The minimum absolute atomic E-state index is 0.0128. The largest absolute Gasteiger partial charge is 0.325 e. The van der Waals surface area contributed by atoms with E-state index in [4.69, 9.17) is 0 Å². The van der Waals surface area contributed by atoms with Crippen LogP contribution in [0.15, 0.2) is 53.7 Å². The summed E-state index contributed by atoms with van der Waals surface area (Å²) in [5.41, 5.74) is 4.36. The molecule has 1 amide bonds. The quantitative estimate of drug-likeness (QED) is 0.535. The van der Waals surface area contributed by atoms with E-state index in [1.54, 1.807) is 0 Å². The smallest absolute Gasteiger partial charge is 0.234 e. The Kier molecular flexibility index (Phi) is 6.00. The number of hydrogen-bond donors (Lipinski definition) is 1. The molecule has 6 heteroatoms. The van der Waals surface area contributed by atoms with E-state index in [0.29, 0.717) is 11.7 Å². The summed E-state index contributed by atoms with van der Waals surface area (Å²) in [7, 11) is 0. The van der Waals surface area contributed by atoms with Crippen LogP contribution in [0.3, 0.4) is 0 Å². The minimum atomic E-state index is -0.0128. The number of anilines is 1. The molecule has 1 aliphatic rings. The predicted octanol–water partition coefficient (Wildman–Crippen LogP) is 5.00. The van der Waals surface area contributed by atoms with Crippen molar-refractivity contribution < 1.29 is 4.79 Å². The number of benzene rings is 2. The molecular weight excluding hydrogens is 380 g/mol. The van der Waals surface area contributed by atoms with Crippen LogP contribution in [0.4, 0.5) is 5.69 Å². The van der Waals surface area contributed by atoms with Crippen LogP contribution in [-0.4, -0.2) is 26.4 Å². The summed E-state index contributed by atoms with van der Waals surface area (Å²) in [6.45, 7) is 4.22. The number of amides is 1. The first-order valence-electron chi connectivity index (χ1n) is 10.2. The molecule has 5 nitrogen and oxygen atoms in total. The van der Waals surface area contributed by atoms with Gasteiger partial charge in [-0.15, -0.1) is 10.2 Å². The topological polar surface area (TPSA) is 59.8 Å². The van der Waals surface area contributed by atoms with Crippen molar-refractivity contribution in [2.45, 2.75) is 50.6 Å². The van der Waals surface area contributed by atoms with Crippen molar-refractivity contribution in [3.63, 3.8) is 0 Å². The Balaban J connectivity index is 1.51. The van der Waals surface area contributed by atoms with Crippen LogP contribution in [0.1, 0.15) is 49.6 Å². The lowest BCUT2D eigenvalue weighted by Gasteiger charge is -2.14. The molecule has 0 bridgehead atoms.